The minimum atomic E-state index is -4.28. The number of hydrogen-bond acceptors (Lipinski definition) is 16. The zero-order valence-corrected chi connectivity index (χ0v) is 46.2. The third kappa shape index (κ3) is 14.2. The largest absolute Gasteiger partial charge is 0.462 e. The average molecular weight is 1080 g/mol. The van der Waals surface area contributed by atoms with Gasteiger partial charge in [0.1, 0.15) is 35.5 Å². The van der Waals surface area contributed by atoms with Crippen molar-refractivity contribution in [2.45, 2.75) is 141 Å². The van der Waals surface area contributed by atoms with Crippen molar-refractivity contribution < 1.29 is 55.0 Å². The van der Waals surface area contributed by atoms with Crippen LogP contribution in [0.1, 0.15) is 116 Å². The molecule has 6 rings (SSSR count). The number of benzene rings is 2. The molecule has 18 heteroatoms. The van der Waals surface area contributed by atoms with Gasteiger partial charge in [-0.25, -0.2) is 36.0 Å². The fourth-order valence-electron chi connectivity index (χ4n) is 10.3. The van der Waals surface area contributed by atoms with E-state index in [0.29, 0.717) is 102 Å². The van der Waals surface area contributed by atoms with Gasteiger partial charge in [0.2, 0.25) is 19.7 Å². The molecule has 0 aromatic heterocycles. The van der Waals surface area contributed by atoms with Gasteiger partial charge >= 0.3 is 23.9 Å². The number of hydrogen-bond donors (Lipinski definition) is 0. The molecule has 2 aliphatic carbocycles. The van der Waals surface area contributed by atoms with Crippen molar-refractivity contribution in [2.75, 3.05) is 39.4 Å². The summed E-state index contributed by atoms with van der Waals surface area (Å²) in [6, 6.07) is 16.8. The van der Waals surface area contributed by atoms with Crippen molar-refractivity contribution in [3.8, 4) is 12.1 Å². The van der Waals surface area contributed by atoms with Crippen LogP contribution in [0.2, 0.25) is 0 Å². The summed E-state index contributed by atoms with van der Waals surface area (Å²) in [5.41, 5.74) is 0.947. The molecule has 0 saturated carbocycles. The number of likely N-dealkylation sites (tertiary alicyclic amines) is 2. The second-order valence-corrected chi connectivity index (χ2v) is 25.3. The molecule has 0 N–H and O–H groups in total. The molecule has 0 unspecified atom stereocenters. The Bertz CT molecular complexity index is 2820. The normalized spacial score (nSPS) is 19.6. The van der Waals surface area contributed by atoms with Gasteiger partial charge in [0.05, 0.1) is 32.8 Å². The molecule has 0 spiro atoms. The first-order valence-corrected chi connectivity index (χ1v) is 28.8. The Morgan fingerprint density at radius 3 is 1.21 bits per heavy atom. The van der Waals surface area contributed by atoms with Gasteiger partial charge in [-0.05, 0) is 111 Å². The number of unbranched alkanes of at least 4 members (excludes halogenated alkanes) is 3. The Morgan fingerprint density at radius 1 is 0.579 bits per heavy atom. The molecule has 76 heavy (non-hydrogen) atoms. The summed E-state index contributed by atoms with van der Waals surface area (Å²) in [4.78, 5) is 55.4. The molecule has 406 valence electrons. The van der Waals surface area contributed by atoms with Gasteiger partial charge in [-0.2, -0.15) is 10.5 Å². The van der Waals surface area contributed by atoms with Gasteiger partial charge < -0.3 is 28.7 Å². The Labute approximate surface area is 448 Å². The maximum atomic E-state index is 14.7. The molecular formula is C58H70N4O12S2. The second kappa shape index (κ2) is 24.9. The van der Waals surface area contributed by atoms with Gasteiger partial charge in [-0.15, -0.1) is 0 Å². The Morgan fingerprint density at radius 2 is 0.908 bits per heavy atom. The lowest BCUT2D eigenvalue weighted by atomic mass is 9.75. The molecule has 4 aliphatic rings. The van der Waals surface area contributed by atoms with Crippen molar-refractivity contribution in [3.63, 3.8) is 0 Å². The van der Waals surface area contributed by atoms with Gasteiger partial charge in [-0.3, -0.25) is 0 Å². The number of piperidine rings is 2. The summed E-state index contributed by atoms with van der Waals surface area (Å²) in [6.07, 6.45) is 5.88. The van der Waals surface area contributed by atoms with Crippen LogP contribution < -0.4 is 0 Å². The minimum Gasteiger partial charge on any atom is -0.462 e. The number of esters is 4. The molecule has 0 bridgehead atoms. The molecule has 0 radical (unpaired) electrons. The summed E-state index contributed by atoms with van der Waals surface area (Å²) in [7, 11) is -8.56. The Balaban J connectivity index is 1.15. The van der Waals surface area contributed by atoms with Crippen molar-refractivity contribution in [1.82, 2.24) is 9.80 Å². The fraction of sp³-hybridized carbons (Fsp3) is 0.483. The molecule has 2 heterocycles. The molecule has 16 nitrogen and oxygen atoms in total. The zero-order chi connectivity index (χ0) is 55.6. The highest BCUT2D eigenvalue weighted by Crippen LogP contribution is 2.50. The van der Waals surface area contributed by atoms with Gasteiger partial charge in [0.15, 0.2) is 0 Å². The maximum absolute atomic E-state index is 14.7. The van der Waals surface area contributed by atoms with Crippen LogP contribution in [0.15, 0.2) is 127 Å². The van der Waals surface area contributed by atoms with Crippen molar-refractivity contribution >= 4 is 43.6 Å². The Kier molecular flexibility index (Phi) is 19.2. The van der Waals surface area contributed by atoms with Crippen LogP contribution in [0, 0.1) is 47.3 Å². The highest BCUT2D eigenvalue weighted by Gasteiger charge is 2.44. The van der Waals surface area contributed by atoms with E-state index in [1.807, 2.05) is 63.5 Å². The summed E-state index contributed by atoms with van der Waals surface area (Å²) >= 11 is 0. The van der Waals surface area contributed by atoms with Crippen molar-refractivity contribution in [3.05, 3.63) is 128 Å². The van der Waals surface area contributed by atoms with Crippen LogP contribution in [-0.2, 0) is 57.8 Å². The Hall–Kier alpha value is -6.76. The van der Waals surface area contributed by atoms with E-state index in [0.717, 1.165) is 23.3 Å². The number of rotatable bonds is 19. The summed E-state index contributed by atoms with van der Waals surface area (Å²) in [5, 5.41) is 21.1. The monoisotopic (exact) mass is 1080 g/mol. The van der Waals surface area contributed by atoms with E-state index in [2.05, 4.69) is 13.2 Å². The second-order valence-electron chi connectivity index (χ2n) is 21.5. The van der Waals surface area contributed by atoms with E-state index < -0.39 is 65.5 Å². The number of aryl methyl sites for hydroxylation is 2. The first-order chi connectivity index (χ1) is 35.9. The number of ether oxygens (including phenoxy) is 4. The highest BCUT2D eigenvalue weighted by atomic mass is 32.2. The predicted octanol–water partition coefficient (Wildman–Crippen LogP) is 9.29. The topological polar surface area (TPSA) is 228 Å². The summed E-state index contributed by atoms with van der Waals surface area (Å²) in [5.74, 6) is -2.97. The molecule has 2 saturated heterocycles. The molecule has 2 fully saturated rings. The predicted molar refractivity (Wildman–Crippen MR) is 284 cm³/mol. The summed E-state index contributed by atoms with van der Waals surface area (Å²) < 4.78 is 81.2. The molecule has 2 aliphatic heterocycles. The van der Waals surface area contributed by atoms with Gasteiger partial charge in [0, 0.05) is 75.4 Å². The van der Waals surface area contributed by atoms with Crippen LogP contribution in [0.4, 0.5) is 0 Å². The quantitative estimate of drug-likeness (QED) is 0.0420. The van der Waals surface area contributed by atoms with Crippen LogP contribution in [-0.4, -0.2) is 102 Å². The summed E-state index contributed by atoms with van der Waals surface area (Å²) in [6.45, 7) is 19.8. The van der Waals surface area contributed by atoms with Crippen LogP contribution in [0.5, 0.6) is 0 Å². The van der Waals surface area contributed by atoms with Crippen LogP contribution >= 0.6 is 0 Å². The van der Waals surface area contributed by atoms with E-state index in [4.69, 9.17) is 18.9 Å². The third-order valence-electron chi connectivity index (χ3n) is 14.2. The van der Waals surface area contributed by atoms with Crippen LogP contribution in [0.25, 0.3) is 0 Å². The lowest BCUT2D eigenvalue weighted by Gasteiger charge is -2.42. The standard InChI is InChI=1S/C58H70N4O12S2/c1-9-51(63)73-41-23-27-61(28-24-41)49-35-57(5,6)33-45(53(49)75(67,68)43-19-15-39(3)16-20-43)47(37-59)55(65)71-31-13-11-12-14-32-72-56(66)48(38-60)46-34-58(7,8)36-50(62-29-25-42(26-30-62)74-52(64)10-2)54(46)76(69,70)44-21-17-40(4)18-22-44/h9-10,15-22,41-42H,1-2,11-14,23-36H2,3-8H3/b47-45+,48-46+. The first-order valence-electron chi connectivity index (χ1n) is 25.8. The molecular weight excluding hydrogens is 1010 g/mol. The third-order valence-corrected chi connectivity index (χ3v) is 18.0. The van der Waals surface area contributed by atoms with E-state index >= 15 is 0 Å². The zero-order valence-electron chi connectivity index (χ0n) is 44.6. The van der Waals surface area contributed by atoms with E-state index in [1.54, 1.807) is 24.3 Å². The number of sulfone groups is 2. The van der Waals surface area contributed by atoms with E-state index in [-0.39, 0.29) is 69.0 Å². The fourth-order valence-corrected chi connectivity index (χ4v) is 13.8. The minimum absolute atomic E-state index is 0.0212. The van der Waals surface area contributed by atoms with E-state index in [9.17, 15) is 46.5 Å². The molecule has 0 amide bonds. The smallest absolute Gasteiger partial charge is 0.349 e. The highest BCUT2D eigenvalue weighted by molar-refractivity contribution is 7.96. The molecule has 2 aromatic carbocycles. The lowest BCUT2D eigenvalue weighted by Crippen LogP contribution is -2.41. The average Bonchev–Trinajstić information content (AvgIpc) is 3.37. The number of carbonyl (C=O) groups is 4. The first kappa shape index (κ1) is 58.5. The lowest BCUT2D eigenvalue weighted by molar-refractivity contribution is -0.145. The number of allylic oxidation sites excluding steroid dienone is 4. The van der Waals surface area contributed by atoms with Crippen molar-refractivity contribution in [1.29, 1.82) is 10.5 Å². The number of nitrogens with zero attached hydrogens (tertiary/aromatic N) is 4. The van der Waals surface area contributed by atoms with Gasteiger partial charge in [-0.1, -0.05) is 76.2 Å². The molecule has 2 aromatic rings. The maximum Gasteiger partial charge on any atom is 0.349 e. The SMILES string of the molecule is C=CC(=O)OC1CCN(C2=C(S(=O)(=O)c3ccc(C)cc3)/C(=C(\C#N)C(=O)OCCCCCCOC(=O)/C(C#N)=C3\CC(C)(C)CC(N4CCC(OC(=O)C=C)CC4)=C3S(=O)(=O)c3ccc(C)cc3)CC(C)(C)C2)CC1. The molecule has 0 atom stereocenters. The van der Waals surface area contributed by atoms with Gasteiger partial charge in [0.25, 0.3) is 0 Å². The van der Waals surface area contributed by atoms with E-state index in [1.165, 1.54) is 24.3 Å². The number of carbonyl (C=O) groups excluding carboxylic acids is 4. The number of nitriles is 2. The van der Waals surface area contributed by atoms with Crippen LogP contribution in [0.3, 0.4) is 0 Å². The van der Waals surface area contributed by atoms with Crippen molar-refractivity contribution in [2.24, 2.45) is 10.8 Å².